The average molecular weight is 300 g/mol. The third-order valence-corrected chi connectivity index (χ3v) is 6.19. The topological polar surface area (TPSA) is 9.23 Å². The fraction of sp³-hybridized carbons (Fsp3) is 0.889. The zero-order valence-electron chi connectivity index (χ0n) is 13.7. The first-order valence-electron chi connectivity index (χ1n) is 8.73. The van der Waals surface area contributed by atoms with E-state index in [4.69, 9.17) is 4.74 Å². The molecule has 1 aliphatic rings. The molecule has 118 valence electrons. The Morgan fingerprint density at radius 3 is 2.70 bits per heavy atom. The van der Waals surface area contributed by atoms with Gasteiger partial charge in [-0.3, -0.25) is 0 Å². The Balaban J connectivity index is 1.85. The molecular weight excluding hydrogens is 264 g/mol. The van der Waals surface area contributed by atoms with Crippen molar-refractivity contribution in [3.05, 3.63) is 11.5 Å². The highest BCUT2D eigenvalue weighted by molar-refractivity contribution is 7.99. The van der Waals surface area contributed by atoms with E-state index in [0.29, 0.717) is 10.9 Å². The predicted octanol–water partition coefficient (Wildman–Crippen LogP) is 5.32. The van der Waals surface area contributed by atoms with Crippen LogP contribution in [-0.2, 0) is 15.6 Å². The predicted molar refractivity (Wildman–Crippen MR) is 93.4 cm³/mol. The number of rotatable bonds is 12. The molecule has 0 aromatic carbocycles. The molecule has 0 aromatic rings. The lowest BCUT2D eigenvalue weighted by Gasteiger charge is -2.12. The van der Waals surface area contributed by atoms with E-state index in [9.17, 15) is 0 Å². The van der Waals surface area contributed by atoms with Gasteiger partial charge < -0.3 is 4.74 Å². The van der Waals surface area contributed by atoms with E-state index in [1.165, 1.54) is 69.3 Å². The minimum Gasteiger partial charge on any atom is -0.377 e. The Labute approximate surface area is 129 Å². The van der Waals surface area contributed by atoms with E-state index < -0.39 is 0 Å². The van der Waals surface area contributed by atoms with Crippen LogP contribution in [0.4, 0.5) is 0 Å². The van der Waals surface area contributed by atoms with Gasteiger partial charge in [0.15, 0.2) is 0 Å². The largest absolute Gasteiger partial charge is 0.377 e. The first-order chi connectivity index (χ1) is 9.83. The summed E-state index contributed by atoms with van der Waals surface area (Å²) in [4.78, 5) is 0. The summed E-state index contributed by atoms with van der Waals surface area (Å²) in [5.41, 5.74) is 0. The lowest BCUT2D eigenvalue weighted by atomic mass is 10.00. The quantitative estimate of drug-likeness (QED) is 0.350. The van der Waals surface area contributed by atoms with Gasteiger partial charge in [0.1, 0.15) is 16.9 Å². The van der Waals surface area contributed by atoms with E-state index in [0.717, 1.165) is 19.1 Å². The van der Waals surface area contributed by atoms with E-state index in [-0.39, 0.29) is 0 Å². The van der Waals surface area contributed by atoms with Crippen molar-refractivity contribution >= 4 is 10.9 Å². The summed E-state index contributed by atoms with van der Waals surface area (Å²) < 4.78 is 5.82. The molecule has 0 N–H and O–H groups in total. The standard InChI is InChI=1S/C18H35OS/c1-3-4-5-6-8-11-18(2)12-13-19-14-17-20-15-9-7-10-16-20/h9,15,18H,3-8,10-14,16-17H2,1-2H3/q+1. The van der Waals surface area contributed by atoms with Crippen LogP contribution in [0.1, 0.15) is 71.6 Å². The van der Waals surface area contributed by atoms with E-state index in [1.54, 1.807) is 0 Å². The molecule has 0 bridgehead atoms. The monoisotopic (exact) mass is 299 g/mol. The Kier molecular flexibility index (Phi) is 11.6. The average Bonchev–Trinajstić information content (AvgIpc) is 2.48. The molecule has 0 aliphatic carbocycles. The third kappa shape index (κ3) is 9.88. The van der Waals surface area contributed by atoms with Gasteiger partial charge in [-0.15, -0.1) is 0 Å². The summed E-state index contributed by atoms with van der Waals surface area (Å²) >= 11 is 0. The molecule has 1 nitrogen and oxygen atoms in total. The van der Waals surface area contributed by atoms with Crippen molar-refractivity contribution in [1.29, 1.82) is 0 Å². The molecule has 0 amide bonds. The second-order valence-electron chi connectivity index (χ2n) is 6.17. The lowest BCUT2D eigenvalue weighted by molar-refractivity contribution is 0.134. The number of hydrogen-bond acceptors (Lipinski definition) is 1. The van der Waals surface area contributed by atoms with Crippen LogP contribution in [0.2, 0.25) is 0 Å². The minimum atomic E-state index is 0.527. The van der Waals surface area contributed by atoms with Gasteiger partial charge in [-0.2, -0.15) is 0 Å². The zero-order chi connectivity index (χ0) is 14.5. The van der Waals surface area contributed by atoms with Gasteiger partial charge in [-0.1, -0.05) is 52.4 Å². The van der Waals surface area contributed by atoms with Gasteiger partial charge in [0.05, 0.1) is 6.61 Å². The second kappa shape index (κ2) is 12.8. The molecule has 2 unspecified atom stereocenters. The number of allylic oxidation sites excluding steroid dienone is 1. The maximum atomic E-state index is 5.82. The van der Waals surface area contributed by atoms with Gasteiger partial charge in [-0.25, -0.2) is 0 Å². The minimum absolute atomic E-state index is 0.527. The molecule has 0 saturated carbocycles. The van der Waals surface area contributed by atoms with Gasteiger partial charge >= 0.3 is 0 Å². The molecular formula is C18H35OS+. The molecule has 0 radical (unpaired) electrons. The van der Waals surface area contributed by atoms with Gasteiger partial charge in [0.2, 0.25) is 0 Å². The van der Waals surface area contributed by atoms with Crippen LogP contribution in [0.5, 0.6) is 0 Å². The molecule has 0 fully saturated rings. The smallest absolute Gasteiger partial charge is 0.136 e. The lowest BCUT2D eigenvalue weighted by Crippen LogP contribution is -2.16. The SMILES string of the molecule is CCCCCCCC(C)CCOCC[S+]1C=CCCC1. The summed E-state index contributed by atoms with van der Waals surface area (Å²) in [7, 11) is 0.527. The van der Waals surface area contributed by atoms with Crippen molar-refractivity contribution in [3.63, 3.8) is 0 Å². The van der Waals surface area contributed by atoms with Crippen LogP contribution >= 0.6 is 0 Å². The number of unbranched alkanes of at least 4 members (excludes halogenated alkanes) is 4. The molecule has 0 aromatic heterocycles. The first-order valence-corrected chi connectivity index (χ1v) is 10.4. The van der Waals surface area contributed by atoms with Crippen LogP contribution < -0.4 is 0 Å². The third-order valence-electron chi connectivity index (χ3n) is 4.11. The summed E-state index contributed by atoms with van der Waals surface area (Å²) in [5, 5.41) is 2.42. The molecule has 0 spiro atoms. The maximum Gasteiger partial charge on any atom is 0.136 e. The highest BCUT2D eigenvalue weighted by atomic mass is 32.2. The molecule has 1 aliphatic heterocycles. The maximum absolute atomic E-state index is 5.82. The molecule has 20 heavy (non-hydrogen) atoms. The van der Waals surface area contributed by atoms with Crippen LogP contribution in [0.25, 0.3) is 0 Å². The van der Waals surface area contributed by atoms with Crippen molar-refractivity contribution < 1.29 is 4.74 Å². The first kappa shape index (κ1) is 18.1. The molecule has 0 saturated heterocycles. The van der Waals surface area contributed by atoms with E-state index >= 15 is 0 Å². The summed E-state index contributed by atoms with van der Waals surface area (Å²) in [6.45, 7) is 6.60. The van der Waals surface area contributed by atoms with E-state index in [2.05, 4.69) is 25.3 Å². The van der Waals surface area contributed by atoms with Crippen molar-refractivity contribution in [2.24, 2.45) is 5.92 Å². The summed E-state index contributed by atoms with van der Waals surface area (Å²) in [5.74, 6) is 3.49. The Hall–Kier alpha value is 0.0500. The number of hydrogen-bond donors (Lipinski definition) is 0. The zero-order valence-corrected chi connectivity index (χ0v) is 14.6. The Bertz CT molecular complexity index is 240. The highest BCUT2D eigenvalue weighted by Gasteiger charge is 2.16. The van der Waals surface area contributed by atoms with Crippen LogP contribution in [0.15, 0.2) is 11.5 Å². The van der Waals surface area contributed by atoms with Crippen LogP contribution in [0.3, 0.4) is 0 Å². The van der Waals surface area contributed by atoms with Crippen LogP contribution in [-0.4, -0.2) is 24.7 Å². The molecule has 1 rings (SSSR count). The number of ether oxygens (including phenoxy) is 1. The second-order valence-corrected chi connectivity index (χ2v) is 8.33. The van der Waals surface area contributed by atoms with Crippen molar-refractivity contribution in [3.8, 4) is 0 Å². The van der Waals surface area contributed by atoms with Crippen molar-refractivity contribution in [2.75, 3.05) is 24.7 Å². The van der Waals surface area contributed by atoms with Gasteiger partial charge in [0.25, 0.3) is 0 Å². The fourth-order valence-corrected chi connectivity index (χ4v) is 4.38. The normalized spacial score (nSPS) is 20.2. The van der Waals surface area contributed by atoms with Gasteiger partial charge in [0, 0.05) is 17.5 Å². The molecule has 2 heteroatoms. The Morgan fingerprint density at radius 1 is 1.10 bits per heavy atom. The van der Waals surface area contributed by atoms with Gasteiger partial charge in [-0.05, 0) is 31.3 Å². The van der Waals surface area contributed by atoms with Crippen molar-refractivity contribution in [2.45, 2.75) is 71.6 Å². The summed E-state index contributed by atoms with van der Waals surface area (Å²) in [6, 6.07) is 0. The summed E-state index contributed by atoms with van der Waals surface area (Å²) in [6.07, 6.45) is 14.7. The molecule has 2 atom stereocenters. The molecule has 1 heterocycles. The van der Waals surface area contributed by atoms with E-state index in [1.807, 2.05) is 0 Å². The van der Waals surface area contributed by atoms with Crippen molar-refractivity contribution in [1.82, 2.24) is 0 Å². The Morgan fingerprint density at radius 2 is 1.95 bits per heavy atom. The van der Waals surface area contributed by atoms with Crippen LogP contribution in [0, 0.1) is 5.92 Å². The fourth-order valence-electron chi connectivity index (χ4n) is 2.62. The highest BCUT2D eigenvalue weighted by Crippen LogP contribution is 2.15.